The molecule has 1 heterocycles. The maximum absolute atomic E-state index is 12.8. The van der Waals surface area contributed by atoms with Crippen LogP contribution in [0.15, 0.2) is 30.3 Å². The van der Waals surface area contributed by atoms with E-state index >= 15 is 0 Å². The maximum atomic E-state index is 12.8. The van der Waals surface area contributed by atoms with Crippen LogP contribution < -0.4 is 0 Å². The molecule has 0 saturated heterocycles. The average molecular weight is 399 g/mol. The van der Waals surface area contributed by atoms with E-state index in [2.05, 4.69) is 5.10 Å². The Morgan fingerprint density at radius 3 is 2.70 bits per heavy atom. The number of hydrogen-bond donors (Lipinski definition) is 0. The van der Waals surface area contributed by atoms with Crippen molar-refractivity contribution in [3.05, 3.63) is 57.9 Å². The fourth-order valence-corrected chi connectivity index (χ4v) is 2.89. The van der Waals surface area contributed by atoms with Gasteiger partial charge in [0.1, 0.15) is 0 Å². The molecule has 1 aromatic carbocycles. The second-order valence-electron chi connectivity index (χ2n) is 6.32. The molecule has 1 aliphatic rings. The Kier molecular flexibility index (Phi) is 5.60. The number of alkyl halides is 3. The van der Waals surface area contributed by atoms with E-state index in [1.807, 2.05) is 6.07 Å². The first-order chi connectivity index (χ1) is 12.8. The number of hydrogen-bond acceptors (Lipinski definition) is 3. The standard InChI is InChI=1S/C19H18ClF3N2O2/c1-2-27-18(26)8-7-15-10-17(12-3-4-12)24-25(15)11-13-5-6-14(9-16(13)20)19(21,22)23/h5-10,12H,2-4,11H2,1H3/b8-7+. The number of carbonyl (C=O) groups excluding carboxylic acids is 1. The van der Waals surface area contributed by atoms with Crippen molar-refractivity contribution < 1.29 is 22.7 Å². The van der Waals surface area contributed by atoms with E-state index in [-0.39, 0.29) is 18.2 Å². The Labute approximate surface area is 159 Å². The Morgan fingerprint density at radius 1 is 1.37 bits per heavy atom. The van der Waals surface area contributed by atoms with Crippen LogP contribution in [0.5, 0.6) is 0 Å². The molecular formula is C19H18ClF3N2O2. The molecule has 0 spiro atoms. The van der Waals surface area contributed by atoms with Crippen LogP contribution in [0.4, 0.5) is 13.2 Å². The number of esters is 1. The first-order valence-corrected chi connectivity index (χ1v) is 8.94. The zero-order valence-electron chi connectivity index (χ0n) is 14.6. The first kappa shape index (κ1) is 19.5. The highest BCUT2D eigenvalue weighted by atomic mass is 35.5. The molecule has 4 nitrogen and oxygen atoms in total. The van der Waals surface area contributed by atoms with Gasteiger partial charge in [0.2, 0.25) is 0 Å². The van der Waals surface area contributed by atoms with Crippen molar-refractivity contribution in [2.24, 2.45) is 0 Å². The summed E-state index contributed by atoms with van der Waals surface area (Å²) in [5, 5.41) is 4.56. The third-order valence-corrected chi connectivity index (χ3v) is 4.55. The summed E-state index contributed by atoms with van der Waals surface area (Å²) in [5.41, 5.74) is 1.29. The molecule has 0 aliphatic heterocycles. The molecule has 27 heavy (non-hydrogen) atoms. The van der Waals surface area contributed by atoms with Crippen LogP contribution in [0.2, 0.25) is 5.02 Å². The number of aromatic nitrogens is 2. The van der Waals surface area contributed by atoms with Crippen LogP contribution in [0.3, 0.4) is 0 Å². The zero-order chi connectivity index (χ0) is 19.6. The van der Waals surface area contributed by atoms with E-state index in [1.54, 1.807) is 17.7 Å². The molecule has 0 N–H and O–H groups in total. The van der Waals surface area contributed by atoms with Crippen molar-refractivity contribution in [2.45, 2.75) is 38.4 Å². The first-order valence-electron chi connectivity index (χ1n) is 8.56. The summed E-state index contributed by atoms with van der Waals surface area (Å²) < 4.78 is 44.9. The third-order valence-electron chi connectivity index (χ3n) is 4.20. The Morgan fingerprint density at radius 2 is 2.11 bits per heavy atom. The third kappa shape index (κ3) is 4.91. The predicted octanol–water partition coefficient (Wildman–Crippen LogP) is 5.06. The van der Waals surface area contributed by atoms with Crippen LogP contribution in [0.1, 0.15) is 48.2 Å². The van der Waals surface area contributed by atoms with E-state index < -0.39 is 17.7 Å². The van der Waals surface area contributed by atoms with Crippen LogP contribution in [-0.4, -0.2) is 22.4 Å². The van der Waals surface area contributed by atoms with Gasteiger partial charge < -0.3 is 4.74 Å². The minimum atomic E-state index is -4.44. The Bertz CT molecular complexity index is 870. The fourth-order valence-electron chi connectivity index (χ4n) is 2.65. The van der Waals surface area contributed by atoms with Crippen LogP contribution >= 0.6 is 11.6 Å². The summed E-state index contributed by atoms with van der Waals surface area (Å²) in [6.45, 7) is 2.19. The highest BCUT2D eigenvalue weighted by Gasteiger charge is 2.31. The SMILES string of the molecule is CCOC(=O)/C=C/c1cc(C2CC2)nn1Cc1ccc(C(F)(F)F)cc1Cl. The Hall–Kier alpha value is -2.28. The van der Waals surface area contributed by atoms with Crippen LogP contribution in [-0.2, 0) is 22.3 Å². The molecule has 0 bridgehead atoms. The lowest BCUT2D eigenvalue weighted by Crippen LogP contribution is -2.08. The molecule has 1 aliphatic carbocycles. The molecule has 0 atom stereocenters. The van der Waals surface area contributed by atoms with E-state index in [9.17, 15) is 18.0 Å². The van der Waals surface area contributed by atoms with Crippen molar-refractivity contribution >= 4 is 23.6 Å². The molecule has 0 radical (unpaired) electrons. The van der Waals surface area contributed by atoms with Crippen LogP contribution in [0, 0.1) is 0 Å². The van der Waals surface area contributed by atoms with E-state index in [1.165, 1.54) is 12.1 Å². The number of ether oxygens (including phenoxy) is 1. The number of nitrogens with zero attached hydrogens (tertiary/aromatic N) is 2. The van der Waals surface area contributed by atoms with Gasteiger partial charge in [-0.1, -0.05) is 17.7 Å². The summed E-state index contributed by atoms with van der Waals surface area (Å²) in [6.07, 6.45) is 0.565. The van der Waals surface area contributed by atoms with Gasteiger partial charge in [0.05, 0.1) is 30.1 Å². The molecule has 3 rings (SSSR count). The molecule has 1 fully saturated rings. The molecule has 2 aromatic rings. The zero-order valence-corrected chi connectivity index (χ0v) is 15.3. The molecule has 0 amide bonds. The summed E-state index contributed by atoms with van der Waals surface area (Å²) >= 11 is 6.05. The number of halogens is 4. The van der Waals surface area contributed by atoms with Gasteiger partial charge in [0, 0.05) is 17.0 Å². The van der Waals surface area contributed by atoms with E-state index in [4.69, 9.17) is 16.3 Å². The highest BCUT2D eigenvalue weighted by Crippen LogP contribution is 2.40. The molecule has 0 unspecified atom stereocenters. The normalized spacial score (nSPS) is 14.7. The second kappa shape index (κ2) is 7.76. The monoisotopic (exact) mass is 398 g/mol. The minimum absolute atomic E-state index is 0.0219. The van der Waals surface area contributed by atoms with Gasteiger partial charge in [-0.05, 0) is 49.6 Å². The van der Waals surface area contributed by atoms with Gasteiger partial charge in [-0.15, -0.1) is 0 Å². The summed E-state index contributed by atoms with van der Waals surface area (Å²) in [4.78, 5) is 11.6. The lowest BCUT2D eigenvalue weighted by molar-refractivity contribution is -0.138. The maximum Gasteiger partial charge on any atom is 0.416 e. The smallest absolute Gasteiger partial charge is 0.416 e. The molecule has 144 valence electrons. The number of benzene rings is 1. The molecule has 8 heteroatoms. The van der Waals surface area contributed by atoms with Crippen molar-refractivity contribution in [1.82, 2.24) is 9.78 Å². The van der Waals surface area contributed by atoms with E-state index in [0.717, 1.165) is 30.7 Å². The quantitative estimate of drug-likeness (QED) is 0.504. The van der Waals surface area contributed by atoms with Gasteiger partial charge >= 0.3 is 12.1 Å². The molecule has 1 aromatic heterocycles. The number of carbonyl (C=O) groups is 1. The summed E-state index contributed by atoms with van der Waals surface area (Å²) in [6, 6.07) is 5.14. The lowest BCUT2D eigenvalue weighted by Gasteiger charge is -2.11. The van der Waals surface area contributed by atoms with Crippen molar-refractivity contribution in [2.75, 3.05) is 6.61 Å². The van der Waals surface area contributed by atoms with Crippen LogP contribution in [0.25, 0.3) is 6.08 Å². The van der Waals surface area contributed by atoms with E-state index in [0.29, 0.717) is 17.2 Å². The van der Waals surface area contributed by atoms with Crippen molar-refractivity contribution in [1.29, 1.82) is 0 Å². The van der Waals surface area contributed by atoms with Crippen molar-refractivity contribution in [3.8, 4) is 0 Å². The molecule has 1 saturated carbocycles. The average Bonchev–Trinajstić information content (AvgIpc) is 3.36. The van der Waals surface area contributed by atoms with Crippen molar-refractivity contribution in [3.63, 3.8) is 0 Å². The predicted molar refractivity (Wildman–Crippen MR) is 95.4 cm³/mol. The second-order valence-corrected chi connectivity index (χ2v) is 6.72. The van der Waals surface area contributed by atoms with Gasteiger partial charge in [0.25, 0.3) is 0 Å². The molecular weight excluding hydrogens is 381 g/mol. The summed E-state index contributed by atoms with van der Waals surface area (Å²) in [7, 11) is 0. The topological polar surface area (TPSA) is 44.1 Å². The Balaban J connectivity index is 1.86. The van der Waals surface area contributed by atoms with Gasteiger partial charge in [-0.25, -0.2) is 4.79 Å². The van der Waals surface area contributed by atoms with Gasteiger partial charge in [-0.2, -0.15) is 18.3 Å². The van der Waals surface area contributed by atoms with Gasteiger partial charge in [-0.3, -0.25) is 4.68 Å². The lowest BCUT2D eigenvalue weighted by atomic mass is 10.1. The summed E-state index contributed by atoms with van der Waals surface area (Å²) in [5.74, 6) is -0.0742. The van der Waals surface area contributed by atoms with Gasteiger partial charge in [0.15, 0.2) is 0 Å². The largest absolute Gasteiger partial charge is 0.463 e. The number of rotatable bonds is 6. The minimum Gasteiger partial charge on any atom is -0.463 e. The highest BCUT2D eigenvalue weighted by molar-refractivity contribution is 6.31. The fraction of sp³-hybridized carbons (Fsp3) is 0.368.